The molecule has 4 nitrogen and oxygen atoms in total. The van der Waals surface area contributed by atoms with Gasteiger partial charge in [0.05, 0.1) is 18.8 Å². The van der Waals surface area contributed by atoms with E-state index in [1.807, 2.05) is 41.3 Å². The number of morpholine rings is 1. The Hall–Kier alpha value is -2.17. The fourth-order valence-corrected chi connectivity index (χ4v) is 5.10. The number of carbonyl (C=O) groups is 1. The molecular formula is C25H30N2O2. The first-order valence-electron chi connectivity index (χ1n) is 11.0. The summed E-state index contributed by atoms with van der Waals surface area (Å²) < 4.78 is 6.29. The van der Waals surface area contributed by atoms with Crippen LogP contribution in [0, 0.1) is 5.92 Å². The third-order valence-electron chi connectivity index (χ3n) is 6.91. The van der Waals surface area contributed by atoms with Gasteiger partial charge in [0.15, 0.2) is 0 Å². The highest BCUT2D eigenvalue weighted by molar-refractivity contribution is 6.01. The average molecular weight is 391 g/mol. The van der Waals surface area contributed by atoms with Crippen molar-refractivity contribution in [1.29, 1.82) is 0 Å². The van der Waals surface area contributed by atoms with Crippen LogP contribution in [-0.4, -0.2) is 60.6 Å². The molecule has 0 aromatic heterocycles. The molecule has 1 atom stereocenters. The first kappa shape index (κ1) is 18.8. The summed E-state index contributed by atoms with van der Waals surface area (Å²) in [5.74, 6) is 1.01. The third kappa shape index (κ3) is 3.84. The quantitative estimate of drug-likeness (QED) is 0.789. The van der Waals surface area contributed by atoms with Crippen LogP contribution in [0.2, 0.25) is 0 Å². The normalized spacial score (nSPS) is 25.3. The van der Waals surface area contributed by atoms with Gasteiger partial charge in [-0.1, -0.05) is 55.0 Å². The molecule has 4 heteroatoms. The Labute approximate surface area is 173 Å². The van der Waals surface area contributed by atoms with E-state index in [1.165, 1.54) is 25.8 Å². The predicted octanol–water partition coefficient (Wildman–Crippen LogP) is 4.07. The lowest BCUT2D eigenvalue weighted by Crippen LogP contribution is -2.55. The molecule has 1 saturated carbocycles. The SMILES string of the molecule is O=C(c1ccccc1-c1ccccc1)N1CCOC2(CCN(CC3CCC3)C2)C1. The minimum Gasteiger partial charge on any atom is -0.370 e. The van der Waals surface area contributed by atoms with Gasteiger partial charge in [-0.15, -0.1) is 0 Å². The fourth-order valence-electron chi connectivity index (χ4n) is 5.10. The molecule has 29 heavy (non-hydrogen) atoms. The van der Waals surface area contributed by atoms with Crippen molar-refractivity contribution in [1.82, 2.24) is 9.80 Å². The van der Waals surface area contributed by atoms with Gasteiger partial charge < -0.3 is 14.5 Å². The lowest BCUT2D eigenvalue weighted by atomic mass is 9.85. The van der Waals surface area contributed by atoms with E-state index < -0.39 is 0 Å². The number of hydrogen-bond acceptors (Lipinski definition) is 3. The zero-order chi connectivity index (χ0) is 19.7. The number of benzene rings is 2. The Balaban J connectivity index is 1.32. The van der Waals surface area contributed by atoms with E-state index in [0.717, 1.165) is 42.1 Å². The molecule has 0 N–H and O–H groups in total. The molecule has 152 valence electrons. The van der Waals surface area contributed by atoms with Crippen molar-refractivity contribution in [2.24, 2.45) is 5.92 Å². The molecular weight excluding hydrogens is 360 g/mol. The molecule has 1 aliphatic carbocycles. The molecule has 1 amide bonds. The van der Waals surface area contributed by atoms with Crippen LogP contribution in [0.1, 0.15) is 36.0 Å². The van der Waals surface area contributed by atoms with Gasteiger partial charge in [0, 0.05) is 31.7 Å². The van der Waals surface area contributed by atoms with E-state index in [0.29, 0.717) is 19.7 Å². The maximum atomic E-state index is 13.5. The molecule has 1 unspecified atom stereocenters. The smallest absolute Gasteiger partial charge is 0.254 e. The first-order chi connectivity index (χ1) is 14.2. The van der Waals surface area contributed by atoms with E-state index in [1.54, 1.807) is 0 Å². The van der Waals surface area contributed by atoms with Crippen molar-refractivity contribution in [3.63, 3.8) is 0 Å². The summed E-state index contributed by atoms with van der Waals surface area (Å²) in [5.41, 5.74) is 2.71. The van der Waals surface area contributed by atoms with Crippen LogP contribution >= 0.6 is 0 Å². The van der Waals surface area contributed by atoms with Crippen LogP contribution in [0.5, 0.6) is 0 Å². The summed E-state index contributed by atoms with van der Waals surface area (Å²) in [5, 5.41) is 0. The summed E-state index contributed by atoms with van der Waals surface area (Å²) in [6, 6.07) is 18.2. The lowest BCUT2D eigenvalue weighted by molar-refractivity contribution is -0.0923. The van der Waals surface area contributed by atoms with Crippen molar-refractivity contribution in [2.75, 3.05) is 39.3 Å². The predicted molar refractivity (Wildman–Crippen MR) is 115 cm³/mol. The van der Waals surface area contributed by atoms with Crippen molar-refractivity contribution in [3.8, 4) is 11.1 Å². The van der Waals surface area contributed by atoms with Crippen LogP contribution in [0.4, 0.5) is 0 Å². The Bertz CT molecular complexity index is 864. The number of carbonyl (C=O) groups excluding carboxylic acids is 1. The van der Waals surface area contributed by atoms with Gasteiger partial charge in [0.25, 0.3) is 5.91 Å². The Morgan fingerprint density at radius 2 is 1.79 bits per heavy atom. The minimum absolute atomic E-state index is 0.129. The van der Waals surface area contributed by atoms with Crippen LogP contribution in [-0.2, 0) is 4.74 Å². The lowest BCUT2D eigenvalue weighted by Gasteiger charge is -2.41. The van der Waals surface area contributed by atoms with E-state index in [4.69, 9.17) is 4.74 Å². The van der Waals surface area contributed by atoms with Gasteiger partial charge in [-0.3, -0.25) is 4.79 Å². The summed E-state index contributed by atoms with van der Waals surface area (Å²) in [6.45, 7) is 5.28. The van der Waals surface area contributed by atoms with Gasteiger partial charge in [-0.25, -0.2) is 0 Å². The molecule has 2 saturated heterocycles. The van der Waals surface area contributed by atoms with Crippen LogP contribution in [0.25, 0.3) is 11.1 Å². The summed E-state index contributed by atoms with van der Waals surface area (Å²) >= 11 is 0. The standard InChI is InChI=1S/C25H30N2O2/c28-24(23-12-5-4-11-22(23)21-9-2-1-3-10-21)27-15-16-29-25(19-27)13-14-26(18-25)17-20-7-6-8-20/h1-5,9-12,20H,6-8,13-19H2. The summed E-state index contributed by atoms with van der Waals surface area (Å²) in [4.78, 5) is 18.1. The molecule has 2 aliphatic heterocycles. The molecule has 1 spiro atoms. The molecule has 0 bridgehead atoms. The van der Waals surface area contributed by atoms with E-state index in [9.17, 15) is 4.79 Å². The summed E-state index contributed by atoms with van der Waals surface area (Å²) in [6.07, 6.45) is 5.18. The fraction of sp³-hybridized carbons (Fsp3) is 0.480. The van der Waals surface area contributed by atoms with Crippen LogP contribution in [0.15, 0.2) is 54.6 Å². The van der Waals surface area contributed by atoms with E-state index in [-0.39, 0.29) is 11.5 Å². The average Bonchev–Trinajstić information content (AvgIpc) is 3.12. The first-order valence-corrected chi connectivity index (χ1v) is 11.0. The van der Waals surface area contributed by atoms with Crippen LogP contribution < -0.4 is 0 Å². The molecule has 5 rings (SSSR count). The maximum absolute atomic E-state index is 13.5. The van der Waals surface area contributed by atoms with E-state index in [2.05, 4.69) is 23.1 Å². The zero-order valence-corrected chi connectivity index (χ0v) is 17.1. The van der Waals surface area contributed by atoms with Crippen molar-refractivity contribution < 1.29 is 9.53 Å². The van der Waals surface area contributed by atoms with E-state index >= 15 is 0 Å². The number of nitrogens with zero attached hydrogens (tertiary/aromatic N) is 2. The molecule has 0 radical (unpaired) electrons. The number of rotatable bonds is 4. The topological polar surface area (TPSA) is 32.8 Å². The highest BCUT2D eigenvalue weighted by Crippen LogP contribution is 2.34. The largest absolute Gasteiger partial charge is 0.370 e. The molecule has 3 aliphatic rings. The molecule has 2 aromatic rings. The monoisotopic (exact) mass is 390 g/mol. The third-order valence-corrected chi connectivity index (χ3v) is 6.91. The van der Waals surface area contributed by atoms with Gasteiger partial charge >= 0.3 is 0 Å². The number of hydrogen-bond donors (Lipinski definition) is 0. The van der Waals surface area contributed by atoms with Crippen molar-refractivity contribution in [2.45, 2.75) is 31.3 Å². The van der Waals surface area contributed by atoms with Crippen molar-refractivity contribution in [3.05, 3.63) is 60.2 Å². The highest BCUT2D eigenvalue weighted by Gasteiger charge is 2.44. The highest BCUT2D eigenvalue weighted by atomic mass is 16.5. The Morgan fingerprint density at radius 3 is 2.59 bits per heavy atom. The molecule has 3 fully saturated rings. The second-order valence-electron chi connectivity index (χ2n) is 8.95. The second-order valence-corrected chi connectivity index (χ2v) is 8.95. The zero-order valence-electron chi connectivity index (χ0n) is 17.1. The molecule has 2 aromatic carbocycles. The van der Waals surface area contributed by atoms with Gasteiger partial charge in [0.2, 0.25) is 0 Å². The maximum Gasteiger partial charge on any atom is 0.254 e. The summed E-state index contributed by atoms with van der Waals surface area (Å²) in [7, 11) is 0. The Morgan fingerprint density at radius 1 is 1.00 bits per heavy atom. The van der Waals surface area contributed by atoms with Crippen molar-refractivity contribution >= 4 is 5.91 Å². The van der Waals surface area contributed by atoms with Gasteiger partial charge in [0.1, 0.15) is 0 Å². The van der Waals surface area contributed by atoms with Crippen LogP contribution in [0.3, 0.4) is 0 Å². The Kier molecular flexibility index (Phi) is 5.15. The minimum atomic E-state index is -0.181. The van der Waals surface area contributed by atoms with Gasteiger partial charge in [-0.2, -0.15) is 0 Å². The van der Waals surface area contributed by atoms with Gasteiger partial charge in [-0.05, 0) is 42.4 Å². The second kappa shape index (κ2) is 7.92. The number of ether oxygens (including phenoxy) is 1. The number of amides is 1. The molecule has 2 heterocycles. The number of likely N-dealkylation sites (tertiary alicyclic amines) is 1.